The highest BCUT2D eigenvalue weighted by atomic mass is 32.1. The zero-order chi connectivity index (χ0) is 12.1. The van der Waals surface area contributed by atoms with Crippen LogP contribution in [0, 0.1) is 0 Å². The Morgan fingerprint density at radius 2 is 2.29 bits per heavy atom. The molecule has 0 aliphatic carbocycles. The van der Waals surface area contributed by atoms with E-state index in [2.05, 4.69) is 28.2 Å². The molecule has 0 aliphatic rings. The molecule has 0 saturated carbocycles. The van der Waals surface area contributed by atoms with E-state index in [9.17, 15) is 4.79 Å². The van der Waals surface area contributed by atoms with Crippen LogP contribution in [0.2, 0.25) is 0 Å². The van der Waals surface area contributed by atoms with E-state index in [0.717, 1.165) is 6.54 Å². The highest BCUT2D eigenvalue weighted by Crippen LogP contribution is 2.29. The van der Waals surface area contributed by atoms with Gasteiger partial charge in [0.05, 0.1) is 6.42 Å². The quantitative estimate of drug-likeness (QED) is 0.791. The van der Waals surface area contributed by atoms with E-state index in [4.69, 9.17) is 5.11 Å². The number of thiophene rings is 2. The summed E-state index contributed by atoms with van der Waals surface area (Å²) in [7, 11) is 0. The second kappa shape index (κ2) is 5.95. The van der Waals surface area contributed by atoms with Gasteiger partial charge in [-0.3, -0.25) is 4.79 Å². The average molecular weight is 267 g/mol. The summed E-state index contributed by atoms with van der Waals surface area (Å²) in [4.78, 5) is 12.8. The molecule has 2 aromatic heterocycles. The molecule has 0 fully saturated rings. The maximum atomic E-state index is 10.3. The van der Waals surface area contributed by atoms with Crippen molar-refractivity contribution in [3.8, 4) is 10.4 Å². The van der Waals surface area contributed by atoms with Crippen LogP contribution in [0.15, 0.2) is 29.0 Å². The molecule has 2 rings (SSSR count). The number of carboxylic acid groups (broad SMARTS) is 1. The number of carbonyl (C=O) groups is 1. The minimum absolute atomic E-state index is 0.170. The predicted octanol–water partition coefficient (Wildman–Crippen LogP) is 3.04. The highest BCUT2D eigenvalue weighted by molar-refractivity contribution is 7.14. The van der Waals surface area contributed by atoms with Gasteiger partial charge < -0.3 is 10.4 Å². The summed E-state index contributed by atoms with van der Waals surface area (Å²) in [5, 5.41) is 15.8. The molecule has 17 heavy (non-hydrogen) atoms. The van der Waals surface area contributed by atoms with E-state index in [0.29, 0.717) is 6.54 Å². The van der Waals surface area contributed by atoms with Crippen LogP contribution < -0.4 is 5.32 Å². The van der Waals surface area contributed by atoms with Crippen molar-refractivity contribution in [3.63, 3.8) is 0 Å². The Labute approximate surface area is 108 Å². The Morgan fingerprint density at radius 3 is 3.00 bits per heavy atom. The lowest BCUT2D eigenvalue weighted by atomic mass is 10.2. The van der Waals surface area contributed by atoms with Crippen LogP contribution >= 0.6 is 22.7 Å². The molecule has 3 nitrogen and oxygen atoms in total. The normalized spacial score (nSPS) is 10.6. The van der Waals surface area contributed by atoms with Gasteiger partial charge in [0, 0.05) is 28.4 Å². The number of aliphatic carboxylic acids is 1. The summed E-state index contributed by atoms with van der Waals surface area (Å²) >= 11 is 3.43. The summed E-state index contributed by atoms with van der Waals surface area (Å²) in [6, 6.07) is 6.31. The fraction of sp³-hybridized carbons (Fsp3) is 0.250. The van der Waals surface area contributed by atoms with Gasteiger partial charge in [-0.1, -0.05) is 6.07 Å². The molecule has 2 aromatic rings. The molecule has 0 amide bonds. The number of hydrogen-bond acceptors (Lipinski definition) is 4. The second-order valence-corrected chi connectivity index (χ2v) is 5.54. The number of nitrogens with one attached hydrogen (secondary N) is 1. The van der Waals surface area contributed by atoms with Gasteiger partial charge in [0.1, 0.15) is 0 Å². The van der Waals surface area contributed by atoms with Crippen LogP contribution in [0.5, 0.6) is 0 Å². The molecular formula is C12H13NO2S2. The smallest absolute Gasteiger partial charge is 0.304 e. The second-order valence-electron chi connectivity index (χ2n) is 3.60. The molecule has 0 aliphatic heterocycles. The Hall–Kier alpha value is -1.17. The zero-order valence-electron chi connectivity index (χ0n) is 9.18. The summed E-state index contributed by atoms with van der Waals surface area (Å²) in [5.41, 5.74) is 1.25. The van der Waals surface area contributed by atoms with Crippen molar-refractivity contribution in [3.05, 3.63) is 33.8 Å². The third-order valence-corrected chi connectivity index (χ3v) is 4.13. The van der Waals surface area contributed by atoms with Crippen molar-refractivity contribution in [1.29, 1.82) is 0 Å². The molecule has 0 saturated heterocycles. The first-order valence-electron chi connectivity index (χ1n) is 5.29. The SMILES string of the molecule is O=C(O)CCNCc1cc(-c2cccs2)cs1. The molecule has 0 spiro atoms. The average Bonchev–Trinajstić information content (AvgIpc) is 2.94. The van der Waals surface area contributed by atoms with Crippen molar-refractivity contribution < 1.29 is 9.90 Å². The molecule has 0 aromatic carbocycles. The fourth-order valence-electron chi connectivity index (χ4n) is 1.45. The van der Waals surface area contributed by atoms with Crippen LogP contribution in [0.4, 0.5) is 0 Å². The van der Waals surface area contributed by atoms with Crippen molar-refractivity contribution in [2.45, 2.75) is 13.0 Å². The monoisotopic (exact) mass is 267 g/mol. The fourth-order valence-corrected chi connectivity index (χ4v) is 3.10. The van der Waals surface area contributed by atoms with E-state index >= 15 is 0 Å². The van der Waals surface area contributed by atoms with Gasteiger partial charge in [-0.25, -0.2) is 0 Å². The van der Waals surface area contributed by atoms with E-state index in [-0.39, 0.29) is 6.42 Å². The van der Waals surface area contributed by atoms with Crippen LogP contribution in [-0.2, 0) is 11.3 Å². The Bertz CT molecular complexity index is 476. The third-order valence-electron chi connectivity index (χ3n) is 2.27. The number of hydrogen-bond donors (Lipinski definition) is 2. The van der Waals surface area contributed by atoms with E-state index < -0.39 is 5.97 Å². The van der Waals surface area contributed by atoms with Crippen LogP contribution in [0.25, 0.3) is 10.4 Å². The molecule has 5 heteroatoms. The van der Waals surface area contributed by atoms with E-state index in [1.54, 1.807) is 22.7 Å². The maximum Gasteiger partial charge on any atom is 0.304 e. The summed E-state index contributed by atoms with van der Waals surface area (Å²) in [6.07, 6.45) is 0.170. The molecule has 0 unspecified atom stereocenters. The lowest BCUT2D eigenvalue weighted by Gasteiger charge is -1.99. The first-order chi connectivity index (χ1) is 8.25. The molecule has 2 N–H and O–H groups in total. The van der Waals surface area contributed by atoms with Crippen molar-refractivity contribution in [2.24, 2.45) is 0 Å². The lowest BCUT2D eigenvalue weighted by molar-refractivity contribution is -0.136. The van der Waals surface area contributed by atoms with Crippen LogP contribution in [-0.4, -0.2) is 17.6 Å². The van der Waals surface area contributed by atoms with Gasteiger partial charge in [0.15, 0.2) is 0 Å². The highest BCUT2D eigenvalue weighted by Gasteiger charge is 2.03. The molecule has 2 heterocycles. The summed E-state index contributed by atoms with van der Waals surface area (Å²) < 4.78 is 0. The third kappa shape index (κ3) is 3.66. The van der Waals surface area contributed by atoms with Gasteiger partial charge in [-0.05, 0) is 22.9 Å². The summed E-state index contributed by atoms with van der Waals surface area (Å²) in [5.74, 6) is -0.761. The minimum Gasteiger partial charge on any atom is -0.481 e. The molecule has 0 radical (unpaired) electrons. The summed E-state index contributed by atoms with van der Waals surface area (Å²) in [6.45, 7) is 1.25. The Balaban J connectivity index is 1.84. The van der Waals surface area contributed by atoms with Crippen molar-refractivity contribution >= 4 is 28.6 Å². The molecular weight excluding hydrogens is 254 g/mol. The minimum atomic E-state index is -0.761. The predicted molar refractivity (Wildman–Crippen MR) is 71.6 cm³/mol. The van der Waals surface area contributed by atoms with Gasteiger partial charge in [-0.2, -0.15) is 0 Å². The van der Waals surface area contributed by atoms with Crippen LogP contribution in [0.3, 0.4) is 0 Å². The topological polar surface area (TPSA) is 49.3 Å². The van der Waals surface area contributed by atoms with Gasteiger partial charge in [0.2, 0.25) is 0 Å². The first-order valence-corrected chi connectivity index (χ1v) is 7.05. The Morgan fingerprint density at radius 1 is 1.41 bits per heavy atom. The van der Waals surface area contributed by atoms with E-state index in [1.165, 1.54) is 15.3 Å². The van der Waals surface area contributed by atoms with Gasteiger partial charge in [0.25, 0.3) is 0 Å². The molecule has 0 atom stereocenters. The van der Waals surface area contributed by atoms with Crippen molar-refractivity contribution in [1.82, 2.24) is 5.32 Å². The van der Waals surface area contributed by atoms with Gasteiger partial charge >= 0.3 is 5.97 Å². The standard InChI is InChI=1S/C12H13NO2S2/c14-12(15)3-4-13-7-10-6-9(8-17-10)11-2-1-5-16-11/h1-2,5-6,8,13H,3-4,7H2,(H,14,15). The number of rotatable bonds is 6. The molecule has 90 valence electrons. The zero-order valence-corrected chi connectivity index (χ0v) is 10.8. The lowest BCUT2D eigenvalue weighted by Crippen LogP contribution is -2.16. The largest absolute Gasteiger partial charge is 0.481 e. The van der Waals surface area contributed by atoms with Gasteiger partial charge in [-0.15, -0.1) is 22.7 Å². The number of carboxylic acids is 1. The Kier molecular flexibility index (Phi) is 4.30. The molecule has 0 bridgehead atoms. The van der Waals surface area contributed by atoms with E-state index in [1.807, 2.05) is 6.07 Å². The van der Waals surface area contributed by atoms with Crippen LogP contribution in [0.1, 0.15) is 11.3 Å². The first kappa shape index (κ1) is 12.3. The van der Waals surface area contributed by atoms with Crippen molar-refractivity contribution in [2.75, 3.05) is 6.54 Å². The maximum absolute atomic E-state index is 10.3.